The van der Waals surface area contributed by atoms with Crippen molar-refractivity contribution in [3.05, 3.63) is 59.7 Å². The fraction of sp³-hybridized carbons (Fsp3) is 0.464. The number of benzene rings is 2. The largest absolute Gasteiger partial charge is 0.481 e. The molecule has 0 saturated heterocycles. The number of rotatable bonds is 9. The lowest BCUT2D eigenvalue weighted by Gasteiger charge is -2.30. The molecule has 4 rings (SSSR count). The van der Waals surface area contributed by atoms with Crippen molar-refractivity contribution in [1.29, 1.82) is 0 Å². The molecule has 2 aliphatic carbocycles. The first kappa shape index (κ1) is 24.8. The second-order valence-electron chi connectivity index (χ2n) is 9.51. The van der Waals surface area contributed by atoms with Gasteiger partial charge >= 0.3 is 12.1 Å². The topological polar surface area (TPSA) is 105 Å². The number of unbranched alkanes of at least 4 members (excludes halogenated alkanes) is 1. The molecule has 2 aromatic rings. The molecule has 0 spiro atoms. The summed E-state index contributed by atoms with van der Waals surface area (Å²) in [6.07, 6.45) is 4.38. The van der Waals surface area contributed by atoms with E-state index in [0.717, 1.165) is 47.9 Å². The van der Waals surface area contributed by atoms with Crippen molar-refractivity contribution in [3.8, 4) is 11.1 Å². The predicted molar refractivity (Wildman–Crippen MR) is 133 cm³/mol. The van der Waals surface area contributed by atoms with Crippen molar-refractivity contribution >= 4 is 18.0 Å². The van der Waals surface area contributed by atoms with Gasteiger partial charge in [0, 0.05) is 12.0 Å². The third-order valence-electron chi connectivity index (χ3n) is 7.21. The highest BCUT2D eigenvalue weighted by atomic mass is 16.5. The first-order chi connectivity index (χ1) is 17.0. The molecule has 0 bridgehead atoms. The standard InChI is InChI=1S/C28H34N2O5/c1-2-3-15-25(26(31)29-24-16-9-8-14-22(24)27(32)33)30-28(34)35-17-23-20-12-6-4-10-18(20)19-11-5-7-13-21(19)23/h4-7,10-13,22-25H,2-3,8-9,14-17H2,1H3,(H,29,31)(H,30,34)(H,32,33)/t22-,24+,25+/m1/s1. The van der Waals surface area contributed by atoms with Crippen LogP contribution < -0.4 is 10.6 Å². The van der Waals surface area contributed by atoms with Gasteiger partial charge in [-0.05, 0) is 41.5 Å². The Hall–Kier alpha value is -3.35. The molecular weight excluding hydrogens is 444 g/mol. The van der Waals surface area contributed by atoms with Crippen LogP contribution in [0.3, 0.4) is 0 Å². The molecule has 3 atom stereocenters. The van der Waals surface area contributed by atoms with Gasteiger partial charge in [0.15, 0.2) is 0 Å². The number of nitrogens with one attached hydrogen (secondary N) is 2. The quantitative estimate of drug-likeness (QED) is 0.478. The number of hydrogen-bond donors (Lipinski definition) is 3. The summed E-state index contributed by atoms with van der Waals surface area (Å²) in [7, 11) is 0. The Labute approximate surface area is 206 Å². The maximum atomic E-state index is 13.0. The minimum Gasteiger partial charge on any atom is -0.481 e. The summed E-state index contributed by atoms with van der Waals surface area (Å²) in [6, 6.07) is 15.1. The van der Waals surface area contributed by atoms with E-state index in [9.17, 15) is 19.5 Å². The van der Waals surface area contributed by atoms with E-state index in [-0.39, 0.29) is 18.4 Å². The molecule has 186 valence electrons. The zero-order chi connectivity index (χ0) is 24.8. The lowest BCUT2D eigenvalue weighted by molar-refractivity contribution is -0.144. The molecular formula is C28H34N2O5. The first-order valence-corrected chi connectivity index (χ1v) is 12.6. The fourth-order valence-electron chi connectivity index (χ4n) is 5.34. The van der Waals surface area contributed by atoms with Crippen molar-refractivity contribution < 1.29 is 24.2 Å². The highest BCUT2D eigenvalue weighted by Gasteiger charge is 2.34. The first-order valence-electron chi connectivity index (χ1n) is 12.6. The Balaban J connectivity index is 1.39. The van der Waals surface area contributed by atoms with Crippen molar-refractivity contribution in [2.45, 2.75) is 69.9 Å². The van der Waals surface area contributed by atoms with E-state index in [4.69, 9.17) is 4.74 Å². The number of fused-ring (bicyclic) bond motifs is 3. The van der Waals surface area contributed by atoms with E-state index in [1.807, 2.05) is 31.2 Å². The minimum atomic E-state index is -0.885. The van der Waals surface area contributed by atoms with Crippen molar-refractivity contribution in [3.63, 3.8) is 0 Å². The Bertz CT molecular complexity index is 1020. The summed E-state index contributed by atoms with van der Waals surface area (Å²) in [5.41, 5.74) is 4.55. The molecule has 0 unspecified atom stereocenters. The molecule has 1 saturated carbocycles. The van der Waals surface area contributed by atoms with Crippen LogP contribution in [0.1, 0.15) is 68.9 Å². The molecule has 7 heteroatoms. The normalized spacial score (nSPS) is 19.8. The van der Waals surface area contributed by atoms with Gasteiger partial charge in [-0.25, -0.2) is 4.79 Å². The second-order valence-corrected chi connectivity index (χ2v) is 9.51. The van der Waals surface area contributed by atoms with Gasteiger partial charge in [0.2, 0.25) is 5.91 Å². The Morgan fingerprint density at radius 1 is 1.00 bits per heavy atom. The van der Waals surface area contributed by atoms with E-state index in [2.05, 4.69) is 34.9 Å². The Kier molecular flexibility index (Phi) is 8.06. The van der Waals surface area contributed by atoms with E-state index >= 15 is 0 Å². The molecule has 1 fully saturated rings. The summed E-state index contributed by atoms with van der Waals surface area (Å²) in [6.45, 7) is 2.19. The highest BCUT2D eigenvalue weighted by molar-refractivity contribution is 5.86. The summed E-state index contributed by atoms with van der Waals surface area (Å²) in [5.74, 6) is -1.88. The Morgan fingerprint density at radius 2 is 1.63 bits per heavy atom. The molecule has 0 radical (unpaired) electrons. The van der Waals surface area contributed by atoms with Gasteiger partial charge in [0.1, 0.15) is 12.6 Å². The Morgan fingerprint density at radius 3 is 2.26 bits per heavy atom. The maximum absolute atomic E-state index is 13.0. The number of carboxylic acid groups (broad SMARTS) is 1. The number of aliphatic carboxylic acids is 1. The van der Waals surface area contributed by atoms with Gasteiger partial charge in [-0.1, -0.05) is 81.1 Å². The van der Waals surface area contributed by atoms with Crippen molar-refractivity contribution in [2.75, 3.05) is 6.61 Å². The van der Waals surface area contributed by atoms with E-state index in [0.29, 0.717) is 19.3 Å². The van der Waals surface area contributed by atoms with Crippen LogP contribution in [0.4, 0.5) is 4.79 Å². The SMILES string of the molecule is CCCC[C@H](NC(=O)OCC1c2ccccc2-c2ccccc21)C(=O)N[C@H]1CCCC[C@H]1C(=O)O. The van der Waals surface area contributed by atoms with Gasteiger partial charge in [0.05, 0.1) is 5.92 Å². The maximum Gasteiger partial charge on any atom is 0.407 e. The lowest BCUT2D eigenvalue weighted by atomic mass is 9.84. The molecule has 2 aromatic carbocycles. The average Bonchev–Trinajstić information content (AvgIpc) is 3.19. The third kappa shape index (κ3) is 5.66. The van der Waals surface area contributed by atoms with Gasteiger partial charge < -0.3 is 20.5 Å². The van der Waals surface area contributed by atoms with Crippen molar-refractivity contribution in [2.24, 2.45) is 5.92 Å². The number of hydrogen-bond acceptors (Lipinski definition) is 4. The van der Waals surface area contributed by atoms with Gasteiger partial charge in [-0.15, -0.1) is 0 Å². The predicted octanol–water partition coefficient (Wildman–Crippen LogP) is 4.84. The van der Waals surface area contributed by atoms with E-state index in [1.54, 1.807) is 0 Å². The summed E-state index contributed by atoms with van der Waals surface area (Å²) in [4.78, 5) is 37.4. The monoisotopic (exact) mass is 478 g/mol. The van der Waals surface area contributed by atoms with Crippen LogP contribution in [0.5, 0.6) is 0 Å². The smallest absolute Gasteiger partial charge is 0.407 e. The van der Waals surface area contributed by atoms with E-state index in [1.165, 1.54) is 0 Å². The molecule has 35 heavy (non-hydrogen) atoms. The van der Waals surface area contributed by atoms with Crippen LogP contribution in [0.25, 0.3) is 11.1 Å². The molecule has 3 N–H and O–H groups in total. The summed E-state index contributed by atoms with van der Waals surface area (Å²) in [5, 5.41) is 15.2. The number of amides is 2. The van der Waals surface area contributed by atoms with Gasteiger partial charge in [0.25, 0.3) is 0 Å². The highest BCUT2D eigenvalue weighted by Crippen LogP contribution is 2.44. The third-order valence-corrected chi connectivity index (χ3v) is 7.21. The molecule has 2 amide bonds. The zero-order valence-electron chi connectivity index (χ0n) is 20.2. The molecule has 2 aliphatic rings. The average molecular weight is 479 g/mol. The van der Waals surface area contributed by atoms with Crippen LogP contribution in [0, 0.1) is 5.92 Å². The number of ether oxygens (including phenoxy) is 1. The molecule has 7 nitrogen and oxygen atoms in total. The molecule has 0 heterocycles. The lowest BCUT2D eigenvalue weighted by Crippen LogP contribution is -2.53. The van der Waals surface area contributed by atoms with E-state index < -0.39 is 30.1 Å². The number of alkyl carbamates (subject to hydrolysis) is 1. The van der Waals surface area contributed by atoms with Crippen LogP contribution in [-0.4, -0.2) is 41.8 Å². The summed E-state index contributed by atoms with van der Waals surface area (Å²) < 4.78 is 5.63. The van der Waals surface area contributed by atoms with Crippen LogP contribution in [0.15, 0.2) is 48.5 Å². The molecule has 0 aliphatic heterocycles. The summed E-state index contributed by atoms with van der Waals surface area (Å²) >= 11 is 0. The fourth-order valence-corrected chi connectivity index (χ4v) is 5.34. The number of carbonyl (C=O) groups is 3. The van der Waals surface area contributed by atoms with Gasteiger partial charge in [-0.3, -0.25) is 9.59 Å². The molecule has 0 aromatic heterocycles. The van der Waals surface area contributed by atoms with Gasteiger partial charge in [-0.2, -0.15) is 0 Å². The zero-order valence-corrected chi connectivity index (χ0v) is 20.2. The number of carbonyl (C=O) groups excluding carboxylic acids is 2. The van der Waals surface area contributed by atoms with Crippen LogP contribution in [-0.2, 0) is 14.3 Å². The second kappa shape index (κ2) is 11.4. The minimum absolute atomic E-state index is 0.0605. The van der Waals surface area contributed by atoms with Crippen LogP contribution in [0.2, 0.25) is 0 Å². The number of carboxylic acids is 1. The van der Waals surface area contributed by atoms with Crippen molar-refractivity contribution in [1.82, 2.24) is 10.6 Å². The van der Waals surface area contributed by atoms with Crippen LogP contribution >= 0.6 is 0 Å².